The van der Waals surface area contributed by atoms with Crippen LogP contribution >= 0.6 is 12.6 Å². The SMILES string of the molecule is FC(F)(F)S.c1ccccc1. The van der Waals surface area contributed by atoms with Crippen molar-refractivity contribution in [1.82, 2.24) is 0 Å². The minimum absolute atomic E-state index is 2.00. The minimum Gasteiger partial charge on any atom is -0.161 e. The predicted octanol–water partition coefficient (Wildman–Crippen LogP) is 3.12. The molecule has 0 N–H and O–H groups in total. The first-order valence-electron chi connectivity index (χ1n) is 2.79. The molecular formula is C7H7F3S. The van der Waals surface area contributed by atoms with Crippen LogP contribution in [0.5, 0.6) is 0 Å². The summed E-state index contributed by atoms with van der Waals surface area (Å²) < 4.78 is 30.7. The fourth-order valence-corrected chi connectivity index (χ4v) is 0.385. The lowest BCUT2D eigenvalue weighted by Crippen LogP contribution is -1.89. The molecule has 0 radical (unpaired) electrons. The molecule has 0 saturated heterocycles. The minimum atomic E-state index is -4.31. The Kier molecular flexibility index (Phi) is 4.77. The van der Waals surface area contributed by atoms with Gasteiger partial charge in [-0.25, -0.2) is 0 Å². The first-order valence-corrected chi connectivity index (χ1v) is 3.24. The molecule has 0 aliphatic heterocycles. The summed E-state index contributed by atoms with van der Waals surface area (Å²) in [5, 5.41) is 0. The molecule has 0 amide bonds. The number of rotatable bonds is 0. The quantitative estimate of drug-likeness (QED) is 0.582. The van der Waals surface area contributed by atoms with E-state index in [1.54, 1.807) is 0 Å². The molecule has 11 heavy (non-hydrogen) atoms. The predicted molar refractivity (Wildman–Crippen MR) is 41.5 cm³/mol. The third-order valence-corrected chi connectivity index (χ3v) is 0.667. The summed E-state index contributed by atoms with van der Waals surface area (Å²) in [6.45, 7) is 0. The molecule has 1 aromatic rings. The summed E-state index contributed by atoms with van der Waals surface area (Å²) in [7, 11) is 0. The van der Waals surface area contributed by atoms with Gasteiger partial charge >= 0.3 is 5.51 Å². The highest BCUT2D eigenvalue weighted by Gasteiger charge is 2.17. The van der Waals surface area contributed by atoms with E-state index in [9.17, 15) is 13.2 Å². The lowest BCUT2D eigenvalue weighted by atomic mass is 10.4. The van der Waals surface area contributed by atoms with E-state index in [1.807, 2.05) is 36.4 Å². The molecule has 0 aliphatic rings. The molecule has 0 aliphatic carbocycles. The third kappa shape index (κ3) is 17.6. The van der Waals surface area contributed by atoms with E-state index >= 15 is 0 Å². The van der Waals surface area contributed by atoms with Crippen molar-refractivity contribution in [2.75, 3.05) is 0 Å². The van der Waals surface area contributed by atoms with Crippen LogP contribution in [0, 0.1) is 0 Å². The summed E-state index contributed by atoms with van der Waals surface area (Å²) in [6, 6.07) is 12.0. The molecule has 0 atom stereocenters. The van der Waals surface area contributed by atoms with Crippen LogP contribution in [-0.2, 0) is 0 Å². The highest BCUT2D eigenvalue weighted by atomic mass is 32.1. The largest absolute Gasteiger partial charge is 0.438 e. The zero-order chi connectivity index (χ0) is 8.74. The molecule has 0 saturated carbocycles. The molecule has 0 spiro atoms. The van der Waals surface area contributed by atoms with Gasteiger partial charge in [0.25, 0.3) is 0 Å². The van der Waals surface area contributed by atoms with Crippen LogP contribution in [0.25, 0.3) is 0 Å². The van der Waals surface area contributed by atoms with Crippen LogP contribution in [0.1, 0.15) is 0 Å². The maximum atomic E-state index is 10.2. The number of hydrogen-bond acceptors (Lipinski definition) is 1. The zero-order valence-electron chi connectivity index (χ0n) is 5.55. The fraction of sp³-hybridized carbons (Fsp3) is 0.143. The zero-order valence-corrected chi connectivity index (χ0v) is 6.44. The van der Waals surface area contributed by atoms with Crippen molar-refractivity contribution in [2.24, 2.45) is 0 Å². The van der Waals surface area contributed by atoms with Gasteiger partial charge in [0.15, 0.2) is 0 Å². The molecule has 0 unspecified atom stereocenters. The first kappa shape index (κ1) is 10.4. The Balaban J connectivity index is 0.000000187. The van der Waals surface area contributed by atoms with Crippen LogP contribution in [0.3, 0.4) is 0 Å². The van der Waals surface area contributed by atoms with Gasteiger partial charge in [-0.1, -0.05) is 49.0 Å². The van der Waals surface area contributed by atoms with Crippen LogP contribution in [0.2, 0.25) is 0 Å². The average molecular weight is 180 g/mol. The number of alkyl halides is 3. The van der Waals surface area contributed by atoms with Crippen molar-refractivity contribution in [2.45, 2.75) is 5.51 Å². The van der Waals surface area contributed by atoms with E-state index in [-0.39, 0.29) is 0 Å². The van der Waals surface area contributed by atoms with Gasteiger partial charge in [-0.2, -0.15) is 13.2 Å². The van der Waals surface area contributed by atoms with Crippen molar-refractivity contribution in [1.29, 1.82) is 0 Å². The number of thiol groups is 1. The lowest BCUT2D eigenvalue weighted by Gasteiger charge is -1.87. The third-order valence-electron chi connectivity index (χ3n) is 0.667. The Labute approximate surface area is 68.5 Å². The molecule has 1 aromatic carbocycles. The molecule has 4 heteroatoms. The van der Waals surface area contributed by atoms with E-state index in [1.165, 1.54) is 0 Å². The van der Waals surface area contributed by atoms with Crippen LogP contribution in [0.4, 0.5) is 13.2 Å². The summed E-state index contributed by atoms with van der Waals surface area (Å²) >= 11 is 2.12. The van der Waals surface area contributed by atoms with Crippen LogP contribution < -0.4 is 0 Å². The Hall–Kier alpha value is -0.640. The van der Waals surface area contributed by atoms with Gasteiger partial charge in [0, 0.05) is 0 Å². The van der Waals surface area contributed by atoms with Crippen molar-refractivity contribution >= 4 is 12.6 Å². The van der Waals surface area contributed by atoms with E-state index in [0.29, 0.717) is 0 Å². The van der Waals surface area contributed by atoms with Gasteiger partial charge in [0.2, 0.25) is 0 Å². The molecule has 62 valence electrons. The second kappa shape index (κ2) is 5.07. The Bertz CT molecular complexity index is 138. The highest BCUT2D eigenvalue weighted by molar-refractivity contribution is 7.81. The maximum absolute atomic E-state index is 10.2. The molecule has 0 bridgehead atoms. The molecule has 0 nitrogen and oxygen atoms in total. The molecule has 0 heterocycles. The van der Waals surface area contributed by atoms with Crippen molar-refractivity contribution in [3.05, 3.63) is 36.4 Å². The average Bonchev–Trinajstić information content (AvgIpc) is 1.88. The van der Waals surface area contributed by atoms with Crippen molar-refractivity contribution in [3.63, 3.8) is 0 Å². The van der Waals surface area contributed by atoms with Crippen molar-refractivity contribution < 1.29 is 13.2 Å². The van der Waals surface area contributed by atoms with E-state index in [0.717, 1.165) is 0 Å². The highest BCUT2D eigenvalue weighted by Crippen LogP contribution is 2.17. The Morgan fingerprint density at radius 3 is 0.909 bits per heavy atom. The smallest absolute Gasteiger partial charge is 0.161 e. The topological polar surface area (TPSA) is 0 Å². The van der Waals surface area contributed by atoms with E-state index < -0.39 is 5.51 Å². The molecule has 1 rings (SSSR count). The van der Waals surface area contributed by atoms with Gasteiger partial charge in [0.1, 0.15) is 0 Å². The Morgan fingerprint density at radius 1 is 0.727 bits per heavy atom. The summed E-state index contributed by atoms with van der Waals surface area (Å²) in [5.41, 5.74) is -4.31. The van der Waals surface area contributed by atoms with Crippen LogP contribution in [0.15, 0.2) is 36.4 Å². The van der Waals surface area contributed by atoms with E-state index in [4.69, 9.17) is 0 Å². The summed E-state index contributed by atoms with van der Waals surface area (Å²) in [6.07, 6.45) is 0. The monoisotopic (exact) mass is 180 g/mol. The van der Waals surface area contributed by atoms with Gasteiger partial charge in [0.05, 0.1) is 0 Å². The fourth-order valence-electron chi connectivity index (χ4n) is 0.385. The maximum Gasteiger partial charge on any atom is 0.438 e. The number of hydrogen-bond donors (Lipinski definition) is 1. The summed E-state index contributed by atoms with van der Waals surface area (Å²) in [4.78, 5) is 0. The van der Waals surface area contributed by atoms with E-state index in [2.05, 4.69) is 12.6 Å². The lowest BCUT2D eigenvalue weighted by molar-refractivity contribution is -0.0303. The number of benzene rings is 1. The second-order valence-corrected chi connectivity index (χ2v) is 2.13. The Morgan fingerprint density at radius 2 is 0.818 bits per heavy atom. The second-order valence-electron chi connectivity index (χ2n) is 1.62. The van der Waals surface area contributed by atoms with Gasteiger partial charge in [-0.15, -0.1) is 0 Å². The normalized spacial score (nSPS) is 9.82. The molecule has 0 aromatic heterocycles. The van der Waals surface area contributed by atoms with Crippen molar-refractivity contribution in [3.8, 4) is 0 Å². The number of halogens is 3. The standard InChI is InChI=1S/C6H6.CHF3S/c1-2-4-6-5-3-1;2-1(3,4)5/h1-6H;5H. The van der Waals surface area contributed by atoms with Gasteiger partial charge < -0.3 is 0 Å². The van der Waals surface area contributed by atoms with Crippen LogP contribution in [-0.4, -0.2) is 5.51 Å². The van der Waals surface area contributed by atoms with Gasteiger partial charge in [-0.05, 0) is 0 Å². The summed E-state index contributed by atoms with van der Waals surface area (Å²) in [5.74, 6) is 0. The van der Waals surface area contributed by atoms with Gasteiger partial charge in [-0.3, -0.25) is 0 Å². The molecular weight excluding hydrogens is 173 g/mol. The first-order chi connectivity index (χ1) is 5.00. The molecule has 0 fully saturated rings.